The molecule has 0 saturated carbocycles. The van der Waals surface area contributed by atoms with E-state index in [2.05, 4.69) is 25.4 Å². The smallest absolute Gasteiger partial charge is 0.244 e. The summed E-state index contributed by atoms with van der Waals surface area (Å²) in [6, 6.07) is 4.29. The minimum atomic E-state index is -0.331. The van der Waals surface area contributed by atoms with Crippen LogP contribution in [0.4, 0.5) is 4.39 Å². The number of amides is 1. The Labute approximate surface area is 142 Å². The molecule has 4 rings (SSSR count). The molecule has 2 aromatic heterocycles. The van der Waals surface area contributed by atoms with Crippen molar-refractivity contribution in [2.24, 2.45) is 0 Å². The first-order valence-electron chi connectivity index (χ1n) is 7.93. The normalized spacial score (nSPS) is 15.8. The molecule has 0 aliphatic carbocycles. The summed E-state index contributed by atoms with van der Waals surface area (Å²) in [6.07, 6.45) is 1.42. The van der Waals surface area contributed by atoms with Crippen LogP contribution in [0, 0.1) is 5.82 Å². The second kappa shape index (κ2) is 6.55. The fraction of sp³-hybridized carbons (Fsp3) is 0.400. The van der Waals surface area contributed by atoms with E-state index in [4.69, 9.17) is 4.42 Å². The summed E-state index contributed by atoms with van der Waals surface area (Å²) in [5, 5.41) is 10.7. The monoisotopic (exact) mass is 345 g/mol. The maximum atomic E-state index is 13.2. The van der Waals surface area contributed by atoms with Crippen LogP contribution in [-0.2, 0) is 17.9 Å². The first-order chi connectivity index (χ1) is 12.2. The van der Waals surface area contributed by atoms with Gasteiger partial charge in [-0.3, -0.25) is 9.69 Å². The van der Waals surface area contributed by atoms with Crippen LogP contribution in [0.5, 0.6) is 0 Å². The third-order valence-corrected chi connectivity index (χ3v) is 4.17. The van der Waals surface area contributed by atoms with Gasteiger partial charge in [0, 0.05) is 32.2 Å². The molecule has 0 unspecified atom stereocenters. The van der Waals surface area contributed by atoms with Gasteiger partial charge < -0.3 is 9.32 Å². The second-order valence-corrected chi connectivity index (χ2v) is 5.88. The fourth-order valence-electron chi connectivity index (χ4n) is 2.85. The van der Waals surface area contributed by atoms with Gasteiger partial charge >= 0.3 is 0 Å². The molecule has 1 saturated heterocycles. The summed E-state index contributed by atoms with van der Waals surface area (Å²) < 4.78 is 20.3. The molecular weight excluding hydrogens is 329 g/mol. The number of carbonyl (C=O) groups is 1. The minimum Gasteiger partial charge on any atom is -0.439 e. The Morgan fingerprint density at radius 2 is 2.08 bits per heavy atom. The lowest BCUT2D eigenvalue weighted by Crippen LogP contribution is -2.49. The molecule has 3 heterocycles. The van der Waals surface area contributed by atoms with Gasteiger partial charge in [0.15, 0.2) is 5.58 Å². The van der Waals surface area contributed by atoms with Crippen molar-refractivity contribution in [3.63, 3.8) is 0 Å². The number of rotatable bonds is 4. The topological polar surface area (TPSA) is 93.2 Å². The lowest BCUT2D eigenvalue weighted by atomic mass is 10.3. The van der Waals surface area contributed by atoms with Crippen molar-refractivity contribution in [3.8, 4) is 0 Å². The highest BCUT2D eigenvalue weighted by Gasteiger charge is 2.22. The number of fused-ring (bicyclic) bond motifs is 1. The van der Waals surface area contributed by atoms with E-state index in [-0.39, 0.29) is 18.3 Å². The highest BCUT2D eigenvalue weighted by Crippen LogP contribution is 2.18. The number of tetrazole rings is 1. The van der Waals surface area contributed by atoms with E-state index in [1.54, 1.807) is 11.0 Å². The molecule has 0 N–H and O–H groups in total. The standard InChI is InChI=1S/C15H16FN7O2/c16-11-1-2-13-12(7-11)18-14(25-13)8-21-3-5-22(6-4-21)15(24)9-23-10-17-19-20-23/h1-2,7,10H,3-6,8-9H2. The van der Waals surface area contributed by atoms with E-state index in [0.29, 0.717) is 49.7 Å². The van der Waals surface area contributed by atoms with Crippen LogP contribution in [-0.4, -0.2) is 67.1 Å². The number of hydrogen-bond donors (Lipinski definition) is 0. The van der Waals surface area contributed by atoms with E-state index < -0.39 is 0 Å². The third-order valence-electron chi connectivity index (χ3n) is 4.17. The second-order valence-electron chi connectivity index (χ2n) is 5.88. The number of halogens is 1. The summed E-state index contributed by atoms with van der Waals surface area (Å²) in [5.41, 5.74) is 1.09. The molecule has 25 heavy (non-hydrogen) atoms. The van der Waals surface area contributed by atoms with Gasteiger partial charge in [-0.2, -0.15) is 0 Å². The van der Waals surface area contributed by atoms with Crippen LogP contribution in [0.3, 0.4) is 0 Å². The average Bonchev–Trinajstić information content (AvgIpc) is 3.24. The summed E-state index contributed by atoms with van der Waals surface area (Å²) in [6.45, 7) is 3.35. The van der Waals surface area contributed by atoms with Crippen molar-refractivity contribution < 1.29 is 13.6 Å². The zero-order valence-electron chi connectivity index (χ0n) is 13.4. The quantitative estimate of drug-likeness (QED) is 0.671. The Bertz CT molecular complexity index is 871. The molecule has 1 aliphatic heterocycles. The molecule has 1 aliphatic rings. The molecule has 3 aromatic rings. The summed E-state index contributed by atoms with van der Waals surface area (Å²) in [4.78, 5) is 20.5. The highest BCUT2D eigenvalue weighted by molar-refractivity contribution is 5.76. The van der Waals surface area contributed by atoms with Crippen molar-refractivity contribution in [1.29, 1.82) is 0 Å². The minimum absolute atomic E-state index is 0.00992. The summed E-state index contributed by atoms with van der Waals surface area (Å²) >= 11 is 0. The van der Waals surface area contributed by atoms with Crippen LogP contribution in [0.1, 0.15) is 5.89 Å². The molecule has 1 amide bonds. The van der Waals surface area contributed by atoms with Crippen molar-refractivity contribution >= 4 is 17.0 Å². The van der Waals surface area contributed by atoms with E-state index in [9.17, 15) is 9.18 Å². The van der Waals surface area contributed by atoms with Crippen LogP contribution >= 0.6 is 0 Å². The number of oxazole rings is 1. The van der Waals surface area contributed by atoms with Crippen molar-refractivity contribution in [1.82, 2.24) is 35.0 Å². The molecule has 0 radical (unpaired) electrons. The maximum Gasteiger partial charge on any atom is 0.244 e. The molecular formula is C15H16FN7O2. The zero-order chi connectivity index (χ0) is 17.2. The number of hydrogen-bond acceptors (Lipinski definition) is 7. The SMILES string of the molecule is O=C(Cn1cnnn1)N1CCN(Cc2nc3cc(F)ccc3o2)CC1. The first-order valence-corrected chi connectivity index (χ1v) is 7.93. The lowest BCUT2D eigenvalue weighted by Gasteiger charge is -2.33. The molecule has 9 nitrogen and oxygen atoms in total. The Morgan fingerprint density at radius 1 is 1.24 bits per heavy atom. The number of benzene rings is 1. The maximum absolute atomic E-state index is 13.2. The summed E-state index contributed by atoms with van der Waals surface area (Å²) in [5.74, 6) is 0.209. The van der Waals surface area contributed by atoms with Gasteiger partial charge in [0.25, 0.3) is 0 Å². The van der Waals surface area contributed by atoms with E-state index in [0.717, 1.165) is 0 Å². The van der Waals surface area contributed by atoms with Crippen LogP contribution < -0.4 is 0 Å². The first kappa shape index (κ1) is 15.6. The number of nitrogens with zero attached hydrogens (tertiary/aromatic N) is 7. The van der Waals surface area contributed by atoms with Crippen molar-refractivity contribution in [2.45, 2.75) is 13.1 Å². The van der Waals surface area contributed by atoms with Gasteiger partial charge in [0.1, 0.15) is 24.2 Å². The van der Waals surface area contributed by atoms with E-state index >= 15 is 0 Å². The molecule has 0 bridgehead atoms. The number of carbonyl (C=O) groups excluding carboxylic acids is 1. The molecule has 10 heteroatoms. The van der Waals surface area contributed by atoms with Gasteiger partial charge in [-0.25, -0.2) is 14.1 Å². The van der Waals surface area contributed by atoms with Gasteiger partial charge in [-0.1, -0.05) is 0 Å². The lowest BCUT2D eigenvalue weighted by molar-refractivity contribution is -0.133. The third kappa shape index (κ3) is 3.48. The van der Waals surface area contributed by atoms with Gasteiger partial charge in [0.2, 0.25) is 11.8 Å². The Kier molecular flexibility index (Phi) is 4.10. The Morgan fingerprint density at radius 3 is 2.84 bits per heavy atom. The van der Waals surface area contributed by atoms with E-state index in [1.807, 2.05) is 0 Å². The fourth-order valence-corrected chi connectivity index (χ4v) is 2.85. The van der Waals surface area contributed by atoms with Gasteiger partial charge in [-0.05, 0) is 22.6 Å². The van der Waals surface area contributed by atoms with Crippen molar-refractivity contribution in [3.05, 3.63) is 36.2 Å². The molecule has 0 atom stereocenters. The Hall–Kier alpha value is -2.88. The van der Waals surface area contributed by atoms with Crippen LogP contribution in [0.25, 0.3) is 11.1 Å². The van der Waals surface area contributed by atoms with E-state index in [1.165, 1.54) is 23.1 Å². The van der Waals surface area contributed by atoms with Crippen LogP contribution in [0.2, 0.25) is 0 Å². The predicted octanol–water partition coefficient (Wildman–Crippen LogP) is 0.298. The average molecular weight is 345 g/mol. The number of aromatic nitrogens is 5. The Balaban J connectivity index is 1.32. The number of piperazine rings is 1. The molecule has 1 fully saturated rings. The highest BCUT2D eigenvalue weighted by atomic mass is 19.1. The van der Waals surface area contributed by atoms with Gasteiger partial charge in [0.05, 0.1) is 6.54 Å². The van der Waals surface area contributed by atoms with Crippen molar-refractivity contribution in [2.75, 3.05) is 26.2 Å². The van der Waals surface area contributed by atoms with Gasteiger partial charge in [-0.15, -0.1) is 5.10 Å². The summed E-state index contributed by atoms with van der Waals surface area (Å²) in [7, 11) is 0. The predicted molar refractivity (Wildman–Crippen MR) is 83.6 cm³/mol. The molecule has 130 valence electrons. The molecule has 0 spiro atoms. The molecule has 1 aromatic carbocycles. The van der Waals surface area contributed by atoms with Crippen LogP contribution in [0.15, 0.2) is 28.9 Å². The zero-order valence-corrected chi connectivity index (χ0v) is 13.4. The largest absolute Gasteiger partial charge is 0.439 e.